The standard InChI is InChI=1S/C35H30FN3O7/c1-18-11-13-20(14-12-18)37-39-31(42)25-17-24-21(15-16-22-27(24)32(43)38(30(22)41)34(45)46-2)28(23-9-6-10-26(36)29(23)40)35(25,33(39)44)19-7-4-3-5-8-19/h3-15,22,24-25,27-28,37,40H,16-17H2,1-2H3/t22-,24+,25-,27-,28+,35+/m0/s1. The number of phenolic OH excluding ortho intramolecular Hbond substituents is 1. The van der Waals surface area contributed by atoms with Gasteiger partial charge < -0.3 is 9.84 Å². The molecule has 7 rings (SSSR count). The zero-order valence-corrected chi connectivity index (χ0v) is 25.0. The Bertz CT molecular complexity index is 1840. The molecular weight excluding hydrogens is 593 g/mol. The van der Waals surface area contributed by atoms with Crippen molar-refractivity contribution in [1.29, 1.82) is 0 Å². The summed E-state index contributed by atoms with van der Waals surface area (Å²) in [5, 5.41) is 12.2. The van der Waals surface area contributed by atoms with Gasteiger partial charge in [0.1, 0.15) is 0 Å². The van der Waals surface area contributed by atoms with Crippen molar-refractivity contribution in [2.45, 2.75) is 31.1 Å². The first kappa shape index (κ1) is 29.4. The quantitative estimate of drug-likeness (QED) is 0.319. The minimum absolute atomic E-state index is 0.0147. The summed E-state index contributed by atoms with van der Waals surface area (Å²) >= 11 is 0. The summed E-state index contributed by atoms with van der Waals surface area (Å²) in [5.41, 5.74) is 3.85. The highest BCUT2D eigenvalue weighted by atomic mass is 19.1. The number of para-hydroxylation sites is 1. The maximum Gasteiger partial charge on any atom is 0.423 e. The summed E-state index contributed by atoms with van der Waals surface area (Å²) in [6, 6.07) is 19.9. The van der Waals surface area contributed by atoms with Crippen LogP contribution >= 0.6 is 0 Å². The number of hydrazine groups is 1. The molecule has 2 aliphatic heterocycles. The molecule has 2 N–H and O–H groups in total. The van der Waals surface area contributed by atoms with Crippen LogP contribution in [0.1, 0.15) is 35.4 Å². The molecule has 2 saturated heterocycles. The number of aryl methyl sites for hydroxylation is 1. The number of amides is 5. The van der Waals surface area contributed by atoms with Crippen molar-refractivity contribution in [3.8, 4) is 5.75 Å². The lowest BCUT2D eigenvalue weighted by atomic mass is 9.49. The maximum atomic E-state index is 15.1. The van der Waals surface area contributed by atoms with E-state index in [9.17, 15) is 29.1 Å². The van der Waals surface area contributed by atoms with Crippen molar-refractivity contribution in [2.24, 2.45) is 23.7 Å². The minimum atomic E-state index is -1.66. The van der Waals surface area contributed by atoms with E-state index in [0.717, 1.165) is 23.7 Å². The van der Waals surface area contributed by atoms with Gasteiger partial charge in [0.15, 0.2) is 11.6 Å². The molecule has 2 aliphatic carbocycles. The molecule has 0 aromatic heterocycles. The number of hydrogen-bond donors (Lipinski definition) is 2. The average molecular weight is 624 g/mol. The number of rotatable bonds is 4. The molecule has 4 aliphatic rings. The fraction of sp³-hybridized carbons (Fsp3) is 0.286. The van der Waals surface area contributed by atoms with Gasteiger partial charge >= 0.3 is 6.09 Å². The van der Waals surface area contributed by atoms with E-state index in [2.05, 4.69) is 5.43 Å². The summed E-state index contributed by atoms with van der Waals surface area (Å²) in [6.07, 6.45) is 0.700. The molecule has 5 amide bonds. The monoisotopic (exact) mass is 623 g/mol. The molecule has 11 heteroatoms. The molecule has 3 aromatic carbocycles. The molecule has 0 radical (unpaired) electrons. The number of carbonyl (C=O) groups excluding carboxylic acids is 5. The lowest BCUT2D eigenvalue weighted by Gasteiger charge is -2.50. The van der Waals surface area contributed by atoms with Crippen LogP contribution in [-0.4, -0.2) is 51.8 Å². The minimum Gasteiger partial charge on any atom is -0.505 e. The van der Waals surface area contributed by atoms with E-state index in [-0.39, 0.29) is 18.4 Å². The smallest absolute Gasteiger partial charge is 0.423 e. The number of ether oxygens (including phenoxy) is 1. The Labute approximate surface area is 263 Å². The molecule has 0 unspecified atom stereocenters. The summed E-state index contributed by atoms with van der Waals surface area (Å²) in [7, 11) is 1.07. The highest BCUT2D eigenvalue weighted by molar-refractivity contribution is 6.16. The second kappa shape index (κ2) is 10.6. The number of hydrogen-bond acceptors (Lipinski definition) is 8. The number of fused-ring (bicyclic) bond motifs is 4. The first-order valence-electron chi connectivity index (χ1n) is 15.0. The summed E-state index contributed by atoms with van der Waals surface area (Å²) < 4.78 is 19.8. The van der Waals surface area contributed by atoms with Crippen molar-refractivity contribution in [2.75, 3.05) is 12.5 Å². The van der Waals surface area contributed by atoms with Gasteiger partial charge in [0.25, 0.3) is 11.8 Å². The zero-order valence-electron chi connectivity index (χ0n) is 25.0. The highest BCUT2D eigenvalue weighted by Crippen LogP contribution is 2.65. The van der Waals surface area contributed by atoms with Gasteiger partial charge in [-0.25, -0.2) is 9.18 Å². The molecule has 2 heterocycles. The van der Waals surface area contributed by atoms with E-state index in [1.54, 1.807) is 48.5 Å². The number of likely N-dealkylation sites (tertiary alicyclic amines) is 1. The van der Waals surface area contributed by atoms with Crippen molar-refractivity contribution < 1.29 is 38.2 Å². The molecule has 46 heavy (non-hydrogen) atoms. The number of methoxy groups -OCH3 is 1. The van der Waals surface area contributed by atoms with Crippen molar-refractivity contribution in [3.05, 3.63) is 107 Å². The average Bonchev–Trinajstić information content (AvgIpc) is 3.44. The van der Waals surface area contributed by atoms with Crippen LogP contribution in [-0.2, 0) is 29.3 Å². The lowest BCUT2D eigenvalue weighted by Crippen LogP contribution is -2.53. The third-order valence-corrected chi connectivity index (χ3v) is 10.1. The number of phenols is 1. The molecule has 6 atom stereocenters. The van der Waals surface area contributed by atoms with Crippen LogP contribution in [0.15, 0.2) is 84.4 Å². The number of imide groups is 4. The predicted molar refractivity (Wildman–Crippen MR) is 161 cm³/mol. The van der Waals surface area contributed by atoms with Crippen LogP contribution in [0.2, 0.25) is 0 Å². The maximum absolute atomic E-state index is 15.1. The first-order chi connectivity index (χ1) is 22.1. The Morgan fingerprint density at radius 1 is 0.935 bits per heavy atom. The van der Waals surface area contributed by atoms with Gasteiger partial charge in [-0.3, -0.25) is 24.6 Å². The Morgan fingerprint density at radius 3 is 2.35 bits per heavy atom. The van der Waals surface area contributed by atoms with Crippen molar-refractivity contribution in [3.63, 3.8) is 0 Å². The van der Waals surface area contributed by atoms with Crippen LogP contribution in [0.3, 0.4) is 0 Å². The summed E-state index contributed by atoms with van der Waals surface area (Å²) in [5.74, 6) is -9.11. The van der Waals surface area contributed by atoms with Crippen LogP contribution in [0.25, 0.3) is 0 Å². The van der Waals surface area contributed by atoms with E-state index in [4.69, 9.17) is 4.74 Å². The Kier molecular flexibility index (Phi) is 6.80. The van der Waals surface area contributed by atoms with Gasteiger partial charge in [0.2, 0.25) is 11.8 Å². The normalized spacial score (nSPS) is 28.4. The van der Waals surface area contributed by atoms with E-state index in [1.807, 2.05) is 19.1 Å². The number of nitrogens with one attached hydrogen (secondary N) is 1. The Hall–Kier alpha value is -5.32. The van der Waals surface area contributed by atoms with E-state index >= 15 is 4.39 Å². The van der Waals surface area contributed by atoms with Gasteiger partial charge in [-0.05, 0) is 49.4 Å². The third-order valence-electron chi connectivity index (χ3n) is 10.1. The van der Waals surface area contributed by atoms with Crippen LogP contribution < -0.4 is 5.43 Å². The van der Waals surface area contributed by atoms with Gasteiger partial charge in [-0.1, -0.05) is 71.8 Å². The highest BCUT2D eigenvalue weighted by Gasteiger charge is 2.71. The van der Waals surface area contributed by atoms with Gasteiger partial charge in [0.05, 0.1) is 36.0 Å². The number of halogens is 1. The largest absolute Gasteiger partial charge is 0.505 e. The zero-order chi connectivity index (χ0) is 32.5. The van der Waals surface area contributed by atoms with Crippen LogP contribution in [0.4, 0.5) is 14.9 Å². The van der Waals surface area contributed by atoms with E-state index in [0.29, 0.717) is 21.7 Å². The van der Waals surface area contributed by atoms with Gasteiger partial charge in [-0.15, -0.1) is 0 Å². The summed E-state index contributed by atoms with van der Waals surface area (Å²) in [4.78, 5) is 69.6. The van der Waals surface area contributed by atoms with Crippen molar-refractivity contribution in [1.82, 2.24) is 9.91 Å². The second-order valence-electron chi connectivity index (χ2n) is 12.3. The Balaban J connectivity index is 1.46. The topological polar surface area (TPSA) is 133 Å². The molecular formula is C35H30FN3O7. The molecule has 0 spiro atoms. The number of nitrogens with zero attached hydrogens (tertiary/aromatic N) is 2. The molecule has 10 nitrogen and oxygen atoms in total. The summed E-state index contributed by atoms with van der Waals surface area (Å²) in [6.45, 7) is 1.91. The second-order valence-corrected chi connectivity index (χ2v) is 12.3. The fourth-order valence-electron chi connectivity index (χ4n) is 8.13. The van der Waals surface area contributed by atoms with Gasteiger partial charge in [0, 0.05) is 11.5 Å². The molecule has 3 fully saturated rings. The number of aromatic hydroxyl groups is 1. The molecule has 1 saturated carbocycles. The Morgan fingerprint density at radius 2 is 1.65 bits per heavy atom. The molecule has 0 bridgehead atoms. The van der Waals surface area contributed by atoms with Crippen LogP contribution in [0.5, 0.6) is 5.75 Å². The van der Waals surface area contributed by atoms with E-state index in [1.165, 1.54) is 12.1 Å². The number of benzene rings is 3. The number of anilines is 1. The third kappa shape index (κ3) is 3.97. The molecule has 3 aromatic rings. The number of carbonyl (C=O) groups is 5. The SMILES string of the molecule is COC(=O)N1C(=O)[C@H]2[C@H](CC=C3[C@H]2C[C@H]2C(=O)N(Nc4ccc(C)cc4)C(=O)[C@@]2(c2ccccc2)[C@H]3c2cccc(F)c2O)C1=O. The van der Waals surface area contributed by atoms with Gasteiger partial charge in [-0.2, -0.15) is 9.91 Å². The fourth-order valence-corrected chi connectivity index (χ4v) is 8.13. The number of allylic oxidation sites excluding steroid dienone is 2. The van der Waals surface area contributed by atoms with Crippen molar-refractivity contribution >= 4 is 35.4 Å². The first-order valence-corrected chi connectivity index (χ1v) is 15.0. The van der Waals surface area contributed by atoms with E-state index < -0.39 is 76.3 Å². The predicted octanol–water partition coefficient (Wildman–Crippen LogP) is 4.59. The molecule has 234 valence electrons. The van der Waals surface area contributed by atoms with Crippen LogP contribution in [0, 0.1) is 36.4 Å². The lowest BCUT2D eigenvalue weighted by molar-refractivity contribution is -0.140.